The van der Waals surface area contributed by atoms with Crippen LogP contribution >= 0.6 is 11.3 Å². The Labute approximate surface area is 203 Å². The first-order valence-electron chi connectivity index (χ1n) is 11.6. The summed E-state index contributed by atoms with van der Waals surface area (Å²) in [7, 11) is 0. The Balaban J connectivity index is 1.51. The van der Waals surface area contributed by atoms with E-state index in [0.29, 0.717) is 5.56 Å². The van der Waals surface area contributed by atoms with Crippen molar-refractivity contribution in [3.8, 4) is 27.9 Å². The Kier molecular flexibility index (Phi) is 5.62. The number of nitrogens with zero attached hydrogens (tertiary/aromatic N) is 5. The van der Waals surface area contributed by atoms with E-state index in [1.54, 1.807) is 17.5 Å². The van der Waals surface area contributed by atoms with Gasteiger partial charge in [0, 0.05) is 28.8 Å². The summed E-state index contributed by atoms with van der Waals surface area (Å²) in [4.78, 5) is 0. The summed E-state index contributed by atoms with van der Waals surface area (Å²) in [5.74, 6) is 0.490. The molecule has 0 spiro atoms. The van der Waals surface area contributed by atoms with Gasteiger partial charge >= 0.3 is 0 Å². The zero-order valence-corrected chi connectivity index (χ0v) is 20.6. The smallest absolute Gasteiger partial charge is 0.149 e. The van der Waals surface area contributed by atoms with Crippen LogP contribution in [0.5, 0.6) is 0 Å². The molecule has 8 heteroatoms. The van der Waals surface area contributed by atoms with Gasteiger partial charge in [-0.25, -0.2) is 4.52 Å². The lowest BCUT2D eigenvalue weighted by Gasteiger charge is -2.42. The summed E-state index contributed by atoms with van der Waals surface area (Å²) in [6, 6.07) is 14.5. The quantitative estimate of drug-likeness (QED) is 0.386. The SMILES string of the molecule is CC(C)Nc1cc(-c2ccc3cc(C#N)cnn23)ccc1-c1nnc([C@@H]2CC[C@H]2C(C)(C)O)s1. The maximum atomic E-state index is 10.5. The summed E-state index contributed by atoms with van der Waals surface area (Å²) in [6.45, 7) is 8.00. The predicted molar refractivity (Wildman–Crippen MR) is 135 cm³/mol. The van der Waals surface area contributed by atoms with E-state index in [9.17, 15) is 5.11 Å². The number of hydrogen-bond donors (Lipinski definition) is 2. The molecule has 34 heavy (non-hydrogen) atoms. The topological polar surface area (TPSA) is 99.1 Å². The molecule has 5 rings (SSSR count). The van der Waals surface area contributed by atoms with E-state index in [1.807, 2.05) is 36.6 Å². The van der Waals surface area contributed by atoms with E-state index < -0.39 is 5.60 Å². The highest BCUT2D eigenvalue weighted by Gasteiger charge is 2.43. The first kappa shape index (κ1) is 22.5. The van der Waals surface area contributed by atoms with E-state index >= 15 is 0 Å². The highest BCUT2D eigenvalue weighted by molar-refractivity contribution is 7.14. The molecule has 0 amide bonds. The molecule has 1 aliphatic rings. The van der Waals surface area contributed by atoms with Crippen LogP contribution in [-0.4, -0.2) is 36.6 Å². The second-order valence-electron chi connectivity index (χ2n) is 9.86. The fourth-order valence-electron chi connectivity index (χ4n) is 4.73. The average Bonchev–Trinajstić information content (AvgIpc) is 3.38. The first-order chi connectivity index (χ1) is 16.2. The van der Waals surface area contributed by atoms with E-state index in [1.165, 1.54) is 0 Å². The Morgan fingerprint density at radius 3 is 2.68 bits per heavy atom. The standard InChI is InChI=1S/C26H28N6OS/c1-15(2)29-22-12-17(23-10-6-18-11-16(13-27)14-28-32(18)23)5-7-20(22)25-31-30-24(34-25)19-8-9-21(19)26(3,4)33/h5-7,10-12,14-15,19,21,29,33H,8-9H2,1-4H3/t19-,21-/m1/s1. The van der Waals surface area contributed by atoms with Gasteiger partial charge in [-0.2, -0.15) is 10.4 Å². The van der Waals surface area contributed by atoms with Crippen molar-refractivity contribution < 1.29 is 5.11 Å². The molecule has 0 aliphatic heterocycles. The minimum atomic E-state index is -0.706. The fourth-order valence-corrected chi connectivity index (χ4v) is 5.82. The number of hydrogen-bond acceptors (Lipinski definition) is 7. The van der Waals surface area contributed by atoms with Crippen molar-refractivity contribution in [2.45, 2.75) is 58.1 Å². The third kappa shape index (κ3) is 4.06. The number of anilines is 1. The Morgan fingerprint density at radius 2 is 2.00 bits per heavy atom. The second kappa shape index (κ2) is 8.49. The lowest BCUT2D eigenvalue weighted by atomic mass is 9.66. The van der Waals surface area contributed by atoms with Gasteiger partial charge in [0.25, 0.3) is 0 Å². The normalized spacial score (nSPS) is 18.1. The number of benzene rings is 1. The van der Waals surface area contributed by atoms with Crippen molar-refractivity contribution in [1.29, 1.82) is 5.26 Å². The molecule has 7 nitrogen and oxygen atoms in total. The Morgan fingerprint density at radius 1 is 1.18 bits per heavy atom. The molecule has 2 N–H and O–H groups in total. The minimum absolute atomic E-state index is 0.223. The molecule has 1 aliphatic carbocycles. The molecule has 2 atom stereocenters. The van der Waals surface area contributed by atoms with Crippen molar-refractivity contribution >= 4 is 22.5 Å². The van der Waals surface area contributed by atoms with Crippen molar-refractivity contribution in [3.63, 3.8) is 0 Å². The van der Waals surface area contributed by atoms with E-state index in [2.05, 4.69) is 58.7 Å². The molecule has 174 valence electrons. The summed E-state index contributed by atoms with van der Waals surface area (Å²) in [5, 5.41) is 38.6. The Bertz CT molecular complexity index is 1390. The van der Waals surface area contributed by atoms with Crippen LogP contribution in [0.1, 0.15) is 57.0 Å². The molecule has 1 aromatic carbocycles. The predicted octanol–water partition coefficient (Wildman–Crippen LogP) is 5.48. The van der Waals surface area contributed by atoms with Crippen LogP contribution in [0.25, 0.3) is 27.3 Å². The first-order valence-corrected chi connectivity index (χ1v) is 12.4. The van der Waals surface area contributed by atoms with Gasteiger partial charge in [0.05, 0.1) is 28.6 Å². The van der Waals surface area contributed by atoms with Gasteiger partial charge in [0.1, 0.15) is 16.1 Å². The van der Waals surface area contributed by atoms with Crippen molar-refractivity contribution in [3.05, 3.63) is 53.2 Å². The minimum Gasteiger partial charge on any atom is -0.390 e. The highest BCUT2D eigenvalue weighted by atomic mass is 32.1. The molecule has 1 fully saturated rings. The van der Waals surface area contributed by atoms with E-state index in [-0.39, 0.29) is 17.9 Å². The number of aliphatic hydroxyl groups is 1. The van der Waals surface area contributed by atoms with Crippen LogP contribution in [0.15, 0.2) is 42.6 Å². The van der Waals surface area contributed by atoms with Gasteiger partial charge in [-0.1, -0.05) is 17.4 Å². The third-order valence-corrected chi connectivity index (χ3v) is 7.65. The molecule has 0 unspecified atom stereocenters. The fraction of sp³-hybridized carbons (Fsp3) is 0.385. The van der Waals surface area contributed by atoms with Gasteiger partial charge in [0.15, 0.2) is 0 Å². The van der Waals surface area contributed by atoms with Crippen LogP contribution in [0.3, 0.4) is 0 Å². The van der Waals surface area contributed by atoms with Crippen molar-refractivity contribution in [2.24, 2.45) is 5.92 Å². The number of rotatable bonds is 6. The summed E-state index contributed by atoms with van der Waals surface area (Å²) in [6.07, 6.45) is 3.65. The van der Waals surface area contributed by atoms with Crippen LogP contribution in [-0.2, 0) is 0 Å². The van der Waals surface area contributed by atoms with Gasteiger partial charge in [-0.15, -0.1) is 10.2 Å². The molecule has 3 heterocycles. The van der Waals surface area contributed by atoms with Crippen molar-refractivity contribution in [2.75, 3.05) is 5.32 Å². The third-order valence-electron chi connectivity index (χ3n) is 6.56. The summed E-state index contributed by atoms with van der Waals surface area (Å²) in [5.41, 5.74) is 4.70. The number of aromatic nitrogens is 4. The van der Waals surface area contributed by atoms with Crippen LogP contribution in [0.2, 0.25) is 0 Å². The van der Waals surface area contributed by atoms with Gasteiger partial charge in [-0.05, 0) is 76.8 Å². The van der Waals surface area contributed by atoms with Gasteiger partial charge in [-0.3, -0.25) is 0 Å². The zero-order chi connectivity index (χ0) is 24.0. The number of nitriles is 1. The molecule has 0 radical (unpaired) electrons. The largest absolute Gasteiger partial charge is 0.390 e. The maximum absolute atomic E-state index is 10.5. The molecule has 1 saturated carbocycles. The molecule has 3 aromatic heterocycles. The van der Waals surface area contributed by atoms with E-state index in [0.717, 1.165) is 50.9 Å². The number of fused-ring (bicyclic) bond motifs is 1. The van der Waals surface area contributed by atoms with Crippen LogP contribution in [0.4, 0.5) is 5.69 Å². The second-order valence-corrected chi connectivity index (χ2v) is 10.9. The summed E-state index contributed by atoms with van der Waals surface area (Å²) >= 11 is 1.62. The molecule has 0 saturated heterocycles. The zero-order valence-electron chi connectivity index (χ0n) is 19.8. The number of nitrogens with one attached hydrogen (secondary N) is 1. The molecule has 0 bridgehead atoms. The molecular formula is C26H28N6OS. The van der Waals surface area contributed by atoms with Gasteiger partial charge < -0.3 is 10.4 Å². The molecule has 4 aromatic rings. The summed E-state index contributed by atoms with van der Waals surface area (Å²) < 4.78 is 1.85. The average molecular weight is 473 g/mol. The maximum Gasteiger partial charge on any atom is 0.149 e. The van der Waals surface area contributed by atoms with E-state index in [4.69, 9.17) is 5.26 Å². The van der Waals surface area contributed by atoms with Crippen LogP contribution in [0, 0.1) is 17.2 Å². The highest BCUT2D eigenvalue weighted by Crippen LogP contribution is 2.49. The molecular weight excluding hydrogens is 444 g/mol. The Hall–Kier alpha value is -3.28. The lowest BCUT2D eigenvalue weighted by Crippen LogP contribution is -2.41. The van der Waals surface area contributed by atoms with Crippen molar-refractivity contribution in [1.82, 2.24) is 19.8 Å². The lowest BCUT2D eigenvalue weighted by molar-refractivity contribution is -0.0326. The monoisotopic (exact) mass is 472 g/mol. The van der Waals surface area contributed by atoms with Crippen LogP contribution < -0.4 is 5.32 Å². The van der Waals surface area contributed by atoms with Gasteiger partial charge in [0.2, 0.25) is 0 Å².